The number of ether oxygens (including phenoxy) is 2. The third kappa shape index (κ3) is 6.22. The average molecular weight is 335 g/mol. The van der Waals surface area contributed by atoms with Gasteiger partial charge in [0.05, 0.1) is 7.11 Å². The van der Waals surface area contributed by atoms with E-state index < -0.39 is 0 Å². The minimum absolute atomic E-state index is 0.0189. The maximum atomic E-state index is 12.4. The minimum atomic E-state index is -0.0405. The predicted octanol–water partition coefficient (Wildman–Crippen LogP) is 3.71. The highest BCUT2D eigenvalue weighted by Gasteiger charge is 2.15. The Balaban J connectivity index is 2.71. The normalized spacial score (nSPS) is 10.3. The van der Waals surface area contributed by atoms with E-state index in [9.17, 15) is 9.59 Å². The molecule has 0 saturated heterocycles. The molecule has 1 aromatic rings. The van der Waals surface area contributed by atoms with Crippen molar-refractivity contribution in [1.82, 2.24) is 4.90 Å². The van der Waals surface area contributed by atoms with Crippen LogP contribution in [0.4, 0.5) is 0 Å². The van der Waals surface area contributed by atoms with E-state index in [1.165, 1.54) is 14.0 Å². The lowest BCUT2D eigenvalue weighted by molar-refractivity contribution is -0.133. The second kappa shape index (κ2) is 10.7. The Morgan fingerprint density at radius 1 is 1.04 bits per heavy atom. The van der Waals surface area contributed by atoms with Gasteiger partial charge in [0, 0.05) is 18.7 Å². The quantitative estimate of drug-likeness (QED) is 0.579. The van der Waals surface area contributed by atoms with Gasteiger partial charge in [-0.2, -0.15) is 0 Å². The van der Waals surface area contributed by atoms with Crippen LogP contribution in [0.2, 0.25) is 0 Å². The number of nitrogens with zero attached hydrogens (tertiary/aromatic N) is 1. The Hall–Kier alpha value is -2.04. The van der Waals surface area contributed by atoms with E-state index in [0.717, 1.165) is 38.8 Å². The number of hydrogen-bond donors (Lipinski definition) is 0. The van der Waals surface area contributed by atoms with Crippen molar-refractivity contribution in [3.05, 3.63) is 23.8 Å². The van der Waals surface area contributed by atoms with Crippen LogP contribution in [0.5, 0.6) is 11.5 Å². The molecule has 0 atom stereocenters. The zero-order valence-corrected chi connectivity index (χ0v) is 15.3. The summed E-state index contributed by atoms with van der Waals surface area (Å²) in [5, 5.41) is 0. The number of ketones is 1. The highest BCUT2D eigenvalue weighted by atomic mass is 16.5. The minimum Gasteiger partial charge on any atom is -0.493 e. The van der Waals surface area contributed by atoms with Crippen molar-refractivity contribution >= 4 is 11.7 Å². The van der Waals surface area contributed by atoms with Gasteiger partial charge in [0.1, 0.15) is 0 Å². The smallest absolute Gasteiger partial charge is 0.260 e. The Bertz CT molecular complexity index is 534. The third-order valence-corrected chi connectivity index (χ3v) is 3.84. The van der Waals surface area contributed by atoms with Crippen LogP contribution in [-0.2, 0) is 4.79 Å². The van der Waals surface area contributed by atoms with Gasteiger partial charge in [0.15, 0.2) is 23.9 Å². The molecular formula is C19H29NO4. The maximum absolute atomic E-state index is 12.4. The molecule has 0 N–H and O–H groups in total. The van der Waals surface area contributed by atoms with Gasteiger partial charge >= 0.3 is 0 Å². The first-order valence-electron chi connectivity index (χ1n) is 8.63. The lowest BCUT2D eigenvalue weighted by atomic mass is 10.1. The van der Waals surface area contributed by atoms with Gasteiger partial charge in [0.2, 0.25) is 0 Å². The molecule has 0 spiro atoms. The maximum Gasteiger partial charge on any atom is 0.260 e. The summed E-state index contributed by atoms with van der Waals surface area (Å²) in [5.74, 6) is 0.877. The number of amides is 1. The van der Waals surface area contributed by atoms with Crippen LogP contribution >= 0.6 is 0 Å². The summed E-state index contributed by atoms with van der Waals surface area (Å²) in [7, 11) is 1.52. The van der Waals surface area contributed by atoms with E-state index in [0.29, 0.717) is 17.1 Å². The number of benzene rings is 1. The molecule has 0 aliphatic carbocycles. The molecule has 0 heterocycles. The second-order valence-electron chi connectivity index (χ2n) is 5.80. The third-order valence-electron chi connectivity index (χ3n) is 3.84. The number of carbonyl (C=O) groups excluding carboxylic acids is 2. The molecule has 5 nitrogen and oxygen atoms in total. The van der Waals surface area contributed by atoms with E-state index in [1.54, 1.807) is 18.2 Å². The van der Waals surface area contributed by atoms with Gasteiger partial charge in [0.25, 0.3) is 5.91 Å². The number of methoxy groups -OCH3 is 1. The monoisotopic (exact) mass is 335 g/mol. The first-order chi connectivity index (χ1) is 11.5. The van der Waals surface area contributed by atoms with Gasteiger partial charge in [-0.25, -0.2) is 0 Å². The summed E-state index contributed by atoms with van der Waals surface area (Å²) >= 11 is 0. The lowest BCUT2D eigenvalue weighted by Gasteiger charge is -2.22. The molecule has 0 bridgehead atoms. The molecule has 0 aromatic heterocycles. The summed E-state index contributed by atoms with van der Waals surface area (Å²) in [4.78, 5) is 25.7. The first kappa shape index (κ1) is 20.0. The Labute approximate surface area is 144 Å². The van der Waals surface area contributed by atoms with Crippen LogP contribution in [0.1, 0.15) is 56.8 Å². The number of rotatable bonds is 11. The van der Waals surface area contributed by atoms with E-state index in [4.69, 9.17) is 9.47 Å². The van der Waals surface area contributed by atoms with Crippen LogP contribution in [0.3, 0.4) is 0 Å². The van der Waals surface area contributed by atoms with Gasteiger partial charge in [-0.3, -0.25) is 9.59 Å². The average Bonchev–Trinajstić information content (AvgIpc) is 2.59. The van der Waals surface area contributed by atoms with Crippen molar-refractivity contribution in [3.8, 4) is 11.5 Å². The van der Waals surface area contributed by atoms with Crippen molar-refractivity contribution in [1.29, 1.82) is 0 Å². The fourth-order valence-electron chi connectivity index (χ4n) is 2.30. The van der Waals surface area contributed by atoms with Crippen molar-refractivity contribution in [2.45, 2.75) is 46.5 Å². The number of unbranched alkanes of at least 4 members (excludes halogenated alkanes) is 2. The van der Waals surface area contributed by atoms with Crippen molar-refractivity contribution in [3.63, 3.8) is 0 Å². The standard InChI is InChI=1S/C19H29NO4/c1-5-7-11-20(12-8-6-2)19(22)14-24-17-10-9-16(15(3)21)13-18(17)23-4/h9-10,13H,5-8,11-12,14H2,1-4H3. The largest absolute Gasteiger partial charge is 0.493 e. The van der Waals surface area contributed by atoms with Crippen LogP contribution in [0.25, 0.3) is 0 Å². The fraction of sp³-hybridized carbons (Fsp3) is 0.579. The van der Waals surface area contributed by atoms with Crippen LogP contribution in [-0.4, -0.2) is 43.4 Å². The lowest BCUT2D eigenvalue weighted by Crippen LogP contribution is -2.36. The molecule has 5 heteroatoms. The second-order valence-corrected chi connectivity index (χ2v) is 5.80. The molecule has 1 rings (SSSR count). The van der Waals surface area contributed by atoms with E-state index in [-0.39, 0.29) is 18.3 Å². The van der Waals surface area contributed by atoms with Crippen LogP contribution in [0, 0.1) is 0 Å². The van der Waals surface area contributed by atoms with Crippen molar-refractivity contribution in [2.75, 3.05) is 26.8 Å². The van der Waals surface area contributed by atoms with Gasteiger partial charge in [-0.15, -0.1) is 0 Å². The zero-order valence-electron chi connectivity index (χ0n) is 15.3. The van der Waals surface area contributed by atoms with E-state index >= 15 is 0 Å². The first-order valence-corrected chi connectivity index (χ1v) is 8.63. The molecule has 0 fully saturated rings. The topological polar surface area (TPSA) is 55.8 Å². The van der Waals surface area contributed by atoms with Crippen molar-refractivity contribution in [2.24, 2.45) is 0 Å². The highest BCUT2D eigenvalue weighted by molar-refractivity contribution is 5.94. The van der Waals surface area contributed by atoms with Crippen LogP contribution < -0.4 is 9.47 Å². The summed E-state index contributed by atoms with van der Waals surface area (Å²) < 4.78 is 10.9. The number of Topliss-reactive ketones (excluding diaryl/α,β-unsaturated/α-hetero) is 1. The SMILES string of the molecule is CCCCN(CCCC)C(=O)COc1ccc(C(C)=O)cc1OC. The summed E-state index contributed by atoms with van der Waals surface area (Å²) in [6.07, 6.45) is 4.09. The summed E-state index contributed by atoms with van der Waals surface area (Å²) in [6, 6.07) is 4.98. The van der Waals surface area contributed by atoms with Gasteiger partial charge in [-0.05, 0) is 38.0 Å². The fourth-order valence-corrected chi connectivity index (χ4v) is 2.30. The van der Waals surface area contributed by atoms with Crippen LogP contribution in [0.15, 0.2) is 18.2 Å². The van der Waals surface area contributed by atoms with Gasteiger partial charge in [-0.1, -0.05) is 26.7 Å². The molecular weight excluding hydrogens is 306 g/mol. The number of hydrogen-bond acceptors (Lipinski definition) is 4. The number of carbonyl (C=O) groups is 2. The molecule has 0 saturated carbocycles. The Kier molecular flexibility index (Phi) is 8.90. The summed E-state index contributed by atoms with van der Waals surface area (Å²) in [5.41, 5.74) is 0.554. The predicted molar refractivity (Wildman–Crippen MR) is 94.9 cm³/mol. The highest BCUT2D eigenvalue weighted by Crippen LogP contribution is 2.28. The molecule has 0 unspecified atom stereocenters. The molecule has 0 radical (unpaired) electrons. The Morgan fingerprint density at radius 2 is 1.67 bits per heavy atom. The molecule has 24 heavy (non-hydrogen) atoms. The molecule has 1 aromatic carbocycles. The summed E-state index contributed by atoms with van der Waals surface area (Å²) in [6.45, 7) is 7.22. The van der Waals surface area contributed by atoms with E-state index in [2.05, 4.69) is 13.8 Å². The molecule has 134 valence electrons. The molecule has 0 aliphatic heterocycles. The van der Waals surface area contributed by atoms with E-state index in [1.807, 2.05) is 4.90 Å². The zero-order chi connectivity index (χ0) is 17.9. The van der Waals surface area contributed by atoms with Gasteiger partial charge < -0.3 is 14.4 Å². The molecule has 1 amide bonds. The Morgan fingerprint density at radius 3 is 2.17 bits per heavy atom. The molecule has 0 aliphatic rings. The van der Waals surface area contributed by atoms with Crippen molar-refractivity contribution < 1.29 is 19.1 Å².